The van der Waals surface area contributed by atoms with Crippen molar-refractivity contribution in [1.29, 1.82) is 0 Å². The molecule has 1 saturated heterocycles. The van der Waals surface area contributed by atoms with Gasteiger partial charge in [-0.3, -0.25) is 0 Å². The summed E-state index contributed by atoms with van der Waals surface area (Å²) in [6.07, 6.45) is 6.55. The molecular formula is C21H29NO3. The standard InChI is InChI=1S/C21H29NO3/c1-7-9-14(3)11-19-18(16(5)20(23)24-19)13-21(12-15(21)4)25-17(6)22-10-8-2/h7-8,14,18-19,22H,1-2,4-6,9-13H2,3H3/t14-,18-,19+,21?/m0/s1. The van der Waals surface area contributed by atoms with Crippen molar-refractivity contribution in [3.8, 4) is 0 Å². The second-order valence-electron chi connectivity index (χ2n) is 7.11. The van der Waals surface area contributed by atoms with Crippen LogP contribution in [-0.2, 0) is 14.3 Å². The van der Waals surface area contributed by atoms with Crippen LogP contribution in [0.5, 0.6) is 0 Å². The molecule has 0 spiro atoms. The Morgan fingerprint density at radius 1 is 1.44 bits per heavy atom. The molecule has 25 heavy (non-hydrogen) atoms. The molecule has 1 N–H and O–H groups in total. The van der Waals surface area contributed by atoms with E-state index in [1.807, 2.05) is 6.08 Å². The van der Waals surface area contributed by atoms with Gasteiger partial charge in [-0.2, -0.15) is 0 Å². The summed E-state index contributed by atoms with van der Waals surface area (Å²) >= 11 is 0. The van der Waals surface area contributed by atoms with Gasteiger partial charge in [0.2, 0.25) is 0 Å². The van der Waals surface area contributed by atoms with Crippen LogP contribution >= 0.6 is 0 Å². The fourth-order valence-electron chi connectivity index (χ4n) is 3.40. The average molecular weight is 343 g/mol. The lowest BCUT2D eigenvalue weighted by Crippen LogP contribution is -2.29. The van der Waals surface area contributed by atoms with Gasteiger partial charge in [0.15, 0.2) is 5.88 Å². The van der Waals surface area contributed by atoms with Gasteiger partial charge >= 0.3 is 5.97 Å². The van der Waals surface area contributed by atoms with Crippen LogP contribution in [0.4, 0.5) is 0 Å². The van der Waals surface area contributed by atoms with Crippen LogP contribution in [-0.4, -0.2) is 24.2 Å². The quantitative estimate of drug-likeness (QED) is 0.266. The van der Waals surface area contributed by atoms with Crippen molar-refractivity contribution in [2.24, 2.45) is 11.8 Å². The first-order valence-corrected chi connectivity index (χ1v) is 8.74. The molecule has 1 aliphatic heterocycles. The van der Waals surface area contributed by atoms with Crippen molar-refractivity contribution in [2.75, 3.05) is 6.54 Å². The van der Waals surface area contributed by atoms with Crippen LogP contribution < -0.4 is 5.32 Å². The normalized spacial score (nSPS) is 28.9. The third kappa shape index (κ3) is 4.44. The second-order valence-corrected chi connectivity index (χ2v) is 7.11. The Balaban J connectivity index is 2.05. The summed E-state index contributed by atoms with van der Waals surface area (Å²) in [4.78, 5) is 12.0. The maximum absolute atomic E-state index is 12.0. The van der Waals surface area contributed by atoms with Crippen LogP contribution in [0.2, 0.25) is 0 Å². The van der Waals surface area contributed by atoms with Crippen LogP contribution in [0, 0.1) is 11.8 Å². The highest BCUT2D eigenvalue weighted by Crippen LogP contribution is 2.53. The highest BCUT2D eigenvalue weighted by atomic mass is 16.6. The summed E-state index contributed by atoms with van der Waals surface area (Å²) in [6.45, 7) is 22.1. The zero-order chi connectivity index (χ0) is 18.6. The highest BCUT2D eigenvalue weighted by molar-refractivity contribution is 5.90. The topological polar surface area (TPSA) is 47.6 Å². The van der Waals surface area contributed by atoms with Crippen LogP contribution in [0.25, 0.3) is 0 Å². The van der Waals surface area contributed by atoms with Crippen LogP contribution in [0.1, 0.15) is 32.6 Å². The molecule has 2 aliphatic rings. The molecule has 4 heteroatoms. The molecule has 136 valence electrons. The predicted molar refractivity (Wildman–Crippen MR) is 101 cm³/mol. The molecule has 0 aromatic heterocycles. The van der Waals surface area contributed by atoms with Gasteiger partial charge in [-0.15, -0.1) is 13.2 Å². The highest BCUT2D eigenvalue weighted by Gasteiger charge is 2.55. The summed E-state index contributed by atoms with van der Waals surface area (Å²) < 4.78 is 11.6. The zero-order valence-electron chi connectivity index (χ0n) is 15.2. The van der Waals surface area contributed by atoms with Gasteiger partial charge in [-0.05, 0) is 30.9 Å². The molecule has 0 aromatic carbocycles. The molecule has 2 rings (SSSR count). The Morgan fingerprint density at radius 2 is 2.12 bits per heavy atom. The number of hydrogen-bond acceptors (Lipinski definition) is 4. The van der Waals surface area contributed by atoms with Crippen LogP contribution in [0.15, 0.2) is 62.1 Å². The number of carbonyl (C=O) groups is 1. The van der Waals surface area contributed by atoms with E-state index in [0.29, 0.717) is 30.3 Å². The number of allylic oxidation sites excluding steroid dienone is 1. The van der Waals surface area contributed by atoms with Crippen molar-refractivity contribution in [3.63, 3.8) is 0 Å². The molecule has 0 aromatic rings. The molecule has 4 atom stereocenters. The SMILES string of the molecule is C=CCNC(=C)OC1(C[C@H]2C(=C)C(=O)O[C@@H]2C[C@@H](C)CC=C)CC1=C. The Hall–Kier alpha value is -2.23. The summed E-state index contributed by atoms with van der Waals surface area (Å²) in [7, 11) is 0. The average Bonchev–Trinajstić information content (AvgIpc) is 3.09. The van der Waals surface area contributed by atoms with Gasteiger partial charge in [-0.25, -0.2) is 4.79 Å². The number of cyclic esters (lactones) is 1. The zero-order valence-corrected chi connectivity index (χ0v) is 15.2. The number of rotatable bonds is 11. The minimum atomic E-state index is -0.479. The van der Waals surface area contributed by atoms with Crippen molar-refractivity contribution < 1.29 is 14.3 Å². The first-order chi connectivity index (χ1) is 11.8. The Morgan fingerprint density at radius 3 is 2.68 bits per heavy atom. The van der Waals surface area contributed by atoms with Gasteiger partial charge in [0.1, 0.15) is 11.7 Å². The molecule has 1 unspecified atom stereocenters. The Kier molecular flexibility index (Phi) is 5.93. The van der Waals surface area contributed by atoms with Crippen molar-refractivity contribution >= 4 is 5.97 Å². The lowest BCUT2D eigenvalue weighted by molar-refractivity contribution is -0.139. The largest absolute Gasteiger partial charge is 0.468 e. The van der Waals surface area contributed by atoms with E-state index >= 15 is 0 Å². The summed E-state index contributed by atoms with van der Waals surface area (Å²) in [5.74, 6) is 0.523. The molecule has 0 amide bonds. The van der Waals surface area contributed by atoms with Gasteiger partial charge < -0.3 is 14.8 Å². The number of ether oxygens (including phenoxy) is 2. The smallest absolute Gasteiger partial charge is 0.334 e. The Labute approximate surface area is 151 Å². The summed E-state index contributed by atoms with van der Waals surface area (Å²) in [5.41, 5.74) is 1.06. The minimum absolute atomic E-state index is 0.0637. The van der Waals surface area contributed by atoms with E-state index in [-0.39, 0.29) is 18.0 Å². The van der Waals surface area contributed by atoms with Gasteiger partial charge in [0, 0.05) is 30.9 Å². The number of carbonyl (C=O) groups excluding carboxylic acids is 1. The van der Waals surface area contributed by atoms with Crippen molar-refractivity contribution in [1.82, 2.24) is 5.32 Å². The van der Waals surface area contributed by atoms with Gasteiger partial charge in [0.05, 0.1) is 0 Å². The lowest BCUT2D eigenvalue weighted by atomic mass is 9.85. The summed E-state index contributed by atoms with van der Waals surface area (Å²) in [6, 6.07) is 0. The first-order valence-electron chi connectivity index (χ1n) is 8.74. The van der Waals surface area contributed by atoms with Gasteiger partial charge in [0.25, 0.3) is 0 Å². The van der Waals surface area contributed by atoms with E-state index < -0.39 is 5.60 Å². The molecule has 0 bridgehead atoms. The fourth-order valence-corrected chi connectivity index (χ4v) is 3.40. The Bertz CT molecular complexity index is 606. The van der Waals surface area contributed by atoms with Crippen LogP contribution in [0.3, 0.4) is 0 Å². The predicted octanol–water partition coefficient (Wildman–Crippen LogP) is 4.04. The number of nitrogens with one attached hydrogen (secondary N) is 1. The molecule has 4 nitrogen and oxygen atoms in total. The molecule has 1 aliphatic carbocycles. The lowest BCUT2D eigenvalue weighted by Gasteiger charge is -2.26. The maximum Gasteiger partial charge on any atom is 0.334 e. The van der Waals surface area contributed by atoms with E-state index in [4.69, 9.17) is 9.47 Å². The van der Waals surface area contributed by atoms with E-state index in [1.54, 1.807) is 6.08 Å². The second kappa shape index (κ2) is 7.77. The molecule has 1 heterocycles. The molecule has 0 radical (unpaired) electrons. The van der Waals surface area contributed by atoms with E-state index in [0.717, 1.165) is 24.8 Å². The van der Waals surface area contributed by atoms with Crippen molar-refractivity contribution in [3.05, 3.63) is 62.1 Å². The third-order valence-electron chi connectivity index (χ3n) is 4.95. The van der Waals surface area contributed by atoms with E-state index in [1.165, 1.54) is 0 Å². The number of hydrogen-bond donors (Lipinski definition) is 1. The third-order valence-corrected chi connectivity index (χ3v) is 4.95. The fraction of sp³-hybridized carbons (Fsp3) is 0.476. The molecular weight excluding hydrogens is 314 g/mol. The monoisotopic (exact) mass is 343 g/mol. The molecule has 2 fully saturated rings. The maximum atomic E-state index is 12.0. The summed E-state index contributed by atoms with van der Waals surface area (Å²) in [5, 5.41) is 3.05. The minimum Gasteiger partial charge on any atom is -0.468 e. The van der Waals surface area contributed by atoms with E-state index in [2.05, 4.69) is 45.1 Å². The van der Waals surface area contributed by atoms with Gasteiger partial charge in [-0.1, -0.05) is 32.2 Å². The number of esters is 1. The van der Waals surface area contributed by atoms with Crippen molar-refractivity contribution in [2.45, 2.75) is 44.3 Å². The first kappa shape index (κ1) is 19.1. The van der Waals surface area contributed by atoms with E-state index in [9.17, 15) is 4.79 Å². The molecule has 1 saturated carbocycles.